The third-order valence-corrected chi connectivity index (χ3v) is 5.57. The van der Waals surface area contributed by atoms with Crippen molar-refractivity contribution in [1.29, 1.82) is 10.5 Å². The van der Waals surface area contributed by atoms with Gasteiger partial charge in [-0.2, -0.15) is 10.5 Å². The van der Waals surface area contributed by atoms with E-state index in [0.717, 1.165) is 57.6 Å². The molecule has 33 heavy (non-hydrogen) atoms. The zero-order valence-corrected chi connectivity index (χ0v) is 19.5. The third kappa shape index (κ3) is 10.5. The van der Waals surface area contributed by atoms with Crippen LogP contribution in [0.2, 0.25) is 0 Å². The van der Waals surface area contributed by atoms with Gasteiger partial charge < -0.3 is 19.6 Å². The van der Waals surface area contributed by atoms with Gasteiger partial charge in [-0.25, -0.2) is 4.39 Å². The predicted molar refractivity (Wildman–Crippen MR) is 126 cm³/mol. The van der Waals surface area contributed by atoms with Gasteiger partial charge in [0.05, 0.1) is 29.4 Å². The maximum absolute atomic E-state index is 12.2. The van der Waals surface area contributed by atoms with Crippen molar-refractivity contribution in [1.82, 2.24) is 9.80 Å². The first kappa shape index (κ1) is 26.3. The van der Waals surface area contributed by atoms with Gasteiger partial charge >= 0.3 is 0 Å². The minimum Gasteiger partial charge on any atom is -0.490 e. The van der Waals surface area contributed by atoms with Crippen molar-refractivity contribution >= 4 is 0 Å². The fraction of sp³-hybridized carbons (Fsp3) is 0.462. The second-order valence-electron chi connectivity index (χ2n) is 8.42. The third-order valence-electron chi connectivity index (χ3n) is 5.57. The lowest BCUT2D eigenvalue weighted by Crippen LogP contribution is -2.35. The van der Waals surface area contributed by atoms with E-state index in [1.165, 1.54) is 18.2 Å². The Labute approximate surface area is 196 Å². The molecule has 0 amide bonds. The zero-order valence-electron chi connectivity index (χ0n) is 19.5. The number of piperidine rings is 2. The molecule has 2 aliphatic heterocycles. The van der Waals surface area contributed by atoms with Crippen LogP contribution >= 0.6 is 0 Å². The number of halogens is 1. The molecule has 2 fully saturated rings. The first-order chi connectivity index (χ1) is 15.9. The molecule has 0 spiro atoms. The Bertz CT molecular complexity index is 914. The van der Waals surface area contributed by atoms with Crippen LogP contribution in [0.15, 0.2) is 48.5 Å². The zero-order chi connectivity index (χ0) is 24.1. The van der Waals surface area contributed by atoms with E-state index >= 15 is 0 Å². The maximum Gasteiger partial charge on any atom is 0.124 e. The van der Waals surface area contributed by atoms with Crippen LogP contribution in [-0.2, 0) is 0 Å². The molecule has 7 heteroatoms. The Balaban J connectivity index is 0.000000192. The van der Waals surface area contributed by atoms with Gasteiger partial charge in [0.2, 0.25) is 0 Å². The maximum atomic E-state index is 12.2. The van der Waals surface area contributed by atoms with Gasteiger partial charge in [0, 0.05) is 26.2 Å². The second kappa shape index (κ2) is 14.2. The number of hydrogen-bond donors (Lipinski definition) is 1. The van der Waals surface area contributed by atoms with Gasteiger partial charge in [0.15, 0.2) is 0 Å². The highest BCUT2D eigenvalue weighted by molar-refractivity contribution is 5.36. The number of ether oxygens (including phenoxy) is 1. The first-order valence-electron chi connectivity index (χ1n) is 11.3. The summed E-state index contributed by atoms with van der Waals surface area (Å²) in [6, 6.07) is 16.9. The number of aliphatic hydroxyl groups excluding tert-OH is 1. The Morgan fingerprint density at radius 2 is 1.36 bits per heavy atom. The molecule has 4 rings (SSSR count). The number of rotatable bonds is 2. The van der Waals surface area contributed by atoms with Crippen LogP contribution < -0.4 is 4.74 Å². The van der Waals surface area contributed by atoms with E-state index in [1.807, 2.05) is 18.2 Å². The Morgan fingerprint density at radius 1 is 0.848 bits per heavy atom. The van der Waals surface area contributed by atoms with Crippen molar-refractivity contribution in [3.63, 3.8) is 0 Å². The molecular weight excluding hydrogens is 419 g/mol. The molecule has 2 saturated heterocycles. The molecule has 2 aliphatic rings. The molecule has 6 nitrogen and oxygen atoms in total. The number of nitrogens with zero attached hydrogens (tertiary/aromatic N) is 4. The van der Waals surface area contributed by atoms with Gasteiger partial charge in [-0.15, -0.1) is 0 Å². The number of nitriles is 2. The lowest BCUT2D eigenvalue weighted by Gasteiger charge is -2.29. The lowest BCUT2D eigenvalue weighted by atomic mass is 10.1. The summed E-state index contributed by atoms with van der Waals surface area (Å²) in [4.78, 5) is 4.55. The van der Waals surface area contributed by atoms with Crippen molar-refractivity contribution in [3.8, 4) is 17.9 Å². The van der Waals surface area contributed by atoms with Gasteiger partial charge in [-0.1, -0.05) is 12.1 Å². The van der Waals surface area contributed by atoms with Crippen LogP contribution in [0.1, 0.15) is 36.8 Å². The molecule has 2 heterocycles. The van der Waals surface area contributed by atoms with Crippen LogP contribution in [0.3, 0.4) is 0 Å². The fourth-order valence-corrected chi connectivity index (χ4v) is 3.49. The second-order valence-corrected chi connectivity index (χ2v) is 8.42. The highest BCUT2D eigenvalue weighted by Gasteiger charge is 2.17. The molecule has 0 radical (unpaired) electrons. The molecule has 0 unspecified atom stereocenters. The minimum atomic E-state index is -0.367. The molecule has 1 N–H and O–H groups in total. The van der Waals surface area contributed by atoms with Crippen molar-refractivity contribution < 1.29 is 14.2 Å². The van der Waals surface area contributed by atoms with Crippen molar-refractivity contribution in [2.75, 3.05) is 40.3 Å². The number of hydrogen-bond acceptors (Lipinski definition) is 6. The van der Waals surface area contributed by atoms with E-state index in [0.29, 0.717) is 17.2 Å². The summed E-state index contributed by atoms with van der Waals surface area (Å²) in [5.41, 5.74) is 1.01. The van der Waals surface area contributed by atoms with Crippen LogP contribution in [0, 0.1) is 28.5 Å². The molecule has 2 aromatic rings. The van der Waals surface area contributed by atoms with E-state index in [9.17, 15) is 4.39 Å². The summed E-state index contributed by atoms with van der Waals surface area (Å²) in [6.07, 6.45) is 4.31. The summed E-state index contributed by atoms with van der Waals surface area (Å²) < 4.78 is 18.1. The highest BCUT2D eigenvalue weighted by atomic mass is 19.1. The van der Waals surface area contributed by atoms with E-state index in [4.69, 9.17) is 20.4 Å². The Kier molecular flexibility index (Phi) is 11.3. The molecule has 176 valence electrons. The van der Waals surface area contributed by atoms with E-state index in [1.54, 1.807) is 18.2 Å². The molecular formula is C26H33FN4O2. The van der Waals surface area contributed by atoms with Gasteiger partial charge in [0.25, 0.3) is 0 Å². The standard InChI is InChI=1S/C13H16N2O.C7H4FN.C6H13NO/c1-15-7-5-12(6-8-15)16-13-4-2-3-11(9-13)10-14;8-7-3-1-2-6(4-7)5-9;1-7-4-2-6(8)3-5-7/h2-4,9,12H,5-8H2,1H3;1-4H;6,8H,2-5H2,1H3. The first-order valence-corrected chi connectivity index (χ1v) is 11.3. The summed E-state index contributed by atoms with van der Waals surface area (Å²) >= 11 is 0. The molecule has 0 bridgehead atoms. The van der Waals surface area contributed by atoms with Crippen LogP contribution in [-0.4, -0.2) is 67.4 Å². The van der Waals surface area contributed by atoms with Crippen LogP contribution in [0.4, 0.5) is 4.39 Å². The summed E-state index contributed by atoms with van der Waals surface area (Å²) in [5, 5.41) is 26.0. The largest absolute Gasteiger partial charge is 0.490 e. The monoisotopic (exact) mass is 452 g/mol. The summed E-state index contributed by atoms with van der Waals surface area (Å²) in [7, 11) is 4.22. The molecule has 2 aromatic carbocycles. The molecule has 0 aliphatic carbocycles. The molecule has 0 aromatic heterocycles. The normalized spacial score (nSPS) is 17.4. The van der Waals surface area contributed by atoms with E-state index in [2.05, 4.69) is 30.0 Å². The van der Waals surface area contributed by atoms with Crippen molar-refractivity contribution in [2.45, 2.75) is 37.9 Å². The smallest absolute Gasteiger partial charge is 0.124 e. The minimum absolute atomic E-state index is 0.0220. The lowest BCUT2D eigenvalue weighted by molar-refractivity contribution is 0.0942. The highest BCUT2D eigenvalue weighted by Crippen LogP contribution is 2.19. The summed E-state index contributed by atoms with van der Waals surface area (Å²) in [6.45, 7) is 4.29. The Hall–Kier alpha value is -2.97. The van der Waals surface area contributed by atoms with Crippen molar-refractivity contribution in [2.24, 2.45) is 0 Å². The summed E-state index contributed by atoms with van der Waals surface area (Å²) in [5.74, 6) is 0.447. The predicted octanol–water partition coefficient (Wildman–Crippen LogP) is 3.80. The SMILES string of the molecule is CN1CCC(O)CC1.CN1CCC(Oc2cccc(C#N)c2)CC1.N#Cc1cccc(F)c1. The average Bonchev–Trinajstić information content (AvgIpc) is 2.83. The van der Waals surface area contributed by atoms with Crippen LogP contribution in [0.5, 0.6) is 5.75 Å². The van der Waals surface area contributed by atoms with Gasteiger partial charge in [-0.3, -0.25) is 0 Å². The fourth-order valence-electron chi connectivity index (χ4n) is 3.49. The average molecular weight is 453 g/mol. The Morgan fingerprint density at radius 3 is 1.85 bits per heavy atom. The number of aliphatic hydroxyl groups is 1. The van der Waals surface area contributed by atoms with E-state index < -0.39 is 0 Å². The topological polar surface area (TPSA) is 83.5 Å². The number of likely N-dealkylation sites (tertiary alicyclic amines) is 2. The molecule has 0 atom stereocenters. The van der Waals surface area contributed by atoms with Crippen molar-refractivity contribution in [3.05, 3.63) is 65.5 Å². The van der Waals surface area contributed by atoms with Gasteiger partial charge in [0.1, 0.15) is 17.7 Å². The quantitative estimate of drug-likeness (QED) is 0.746. The molecule has 0 saturated carbocycles. The van der Waals surface area contributed by atoms with Gasteiger partial charge in [-0.05, 0) is 76.2 Å². The number of benzene rings is 2. The van der Waals surface area contributed by atoms with E-state index in [-0.39, 0.29) is 11.9 Å². The van der Waals surface area contributed by atoms with Crippen LogP contribution in [0.25, 0.3) is 0 Å².